The number of aliphatic hydroxyl groups is 2. The summed E-state index contributed by atoms with van der Waals surface area (Å²) in [5, 5.41) is 46.7. The lowest BCUT2D eigenvalue weighted by Crippen LogP contribution is -2.66. The number of amides is 10. The van der Waals surface area contributed by atoms with E-state index in [1.165, 1.54) is 52.5 Å². The molecule has 0 aromatic heterocycles. The van der Waals surface area contributed by atoms with Crippen LogP contribution in [0.15, 0.2) is 12.2 Å². The summed E-state index contributed by atoms with van der Waals surface area (Å²) in [5.74, 6) is -8.25. The molecule has 1 heterocycles. The first kappa shape index (κ1) is 81.3. The van der Waals surface area contributed by atoms with Gasteiger partial charge in [0.2, 0.25) is 59.1 Å². The van der Waals surface area contributed by atoms with Crippen molar-refractivity contribution in [1.29, 1.82) is 0 Å². The molecule has 0 bridgehead atoms. The van der Waals surface area contributed by atoms with Gasteiger partial charge in [-0.1, -0.05) is 88.7 Å². The summed E-state index contributed by atoms with van der Waals surface area (Å²) in [6.45, 7) is 31.1. The fourth-order valence-electron chi connectivity index (χ4n) is 9.77. The molecule has 1 fully saturated rings. The Labute approximate surface area is 524 Å². The Morgan fingerprint density at radius 2 is 1.15 bits per heavy atom. The quantitative estimate of drug-likeness (QED) is 0.0399. The minimum absolute atomic E-state index is 0. The summed E-state index contributed by atoms with van der Waals surface area (Å²) in [5.41, 5.74) is -4.93. The zero-order valence-corrected chi connectivity index (χ0v) is 56.7. The van der Waals surface area contributed by atoms with E-state index in [1.807, 2.05) is 74.4 Å². The number of hydrogen-bond donors (Lipinski definition) is 11. The third-order valence-corrected chi connectivity index (χ3v) is 15.1. The minimum Gasteiger partial charge on any atom is -0.393 e. The SMILES string of the molecule is CCC(=O)CC(O)CC(C)CC(NC(=O)C1CC(C)CN1C(=O)/C=C/C(C)CC)C(=O)NC(C(=O)NC(C)(C)C(=O)NC(CC(C)C)C(=O)NC(CC(C)C)C(=O)NC(C)(C)C(=O)NC(C)(C)C(=O)NCCC(=O)NC(C)CN(C)C)C(O)C(C)C.Cl. The molecule has 11 N–H and O–H groups in total. The highest BCUT2D eigenvalue weighted by molar-refractivity contribution is 6.00. The monoisotopic (exact) mass is 1250 g/mol. The third-order valence-electron chi connectivity index (χ3n) is 15.1. The molecule has 1 aliphatic rings. The van der Waals surface area contributed by atoms with Crippen LogP contribution in [0, 0.1) is 35.5 Å². The Kier molecular flexibility index (Phi) is 34.9. The van der Waals surface area contributed by atoms with Gasteiger partial charge in [-0.2, -0.15) is 0 Å². The number of carbonyl (C=O) groups excluding carboxylic acids is 11. The Morgan fingerprint density at radius 3 is 1.68 bits per heavy atom. The standard InChI is InChI=1S/C62H111N11O13.ClH/c1-21-38(9)23-24-49(77)73-33-40(11)31-47(73)55(82)66-46(30-39(10)29-43(75)32-42(74)22-2)53(80)68-50(51(78)37(7)8)56(83)70-61(15,16)58(85)67-44(27-35(3)4)52(79)65-45(28-36(5)6)54(81)69-62(17,18)59(86)71-60(13,14)57(84)63-26-25-48(76)64-41(12)34-72(19)20;/h23-24,35-41,43-47,50-51,75,78H,21-22,25-34H2,1-20H3,(H,63,84)(H,64,76)(H,65,79)(H,66,82)(H,67,85)(H,68,80)(H,69,81)(H,70,83)(H,71,86);1H/b24-23+;. The molecule has 0 aromatic rings. The molecule has 25 heteroatoms. The Morgan fingerprint density at radius 1 is 0.632 bits per heavy atom. The predicted molar refractivity (Wildman–Crippen MR) is 337 cm³/mol. The van der Waals surface area contributed by atoms with Crippen LogP contribution in [-0.4, -0.2) is 184 Å². The van der Waals surface area contributed by atoms with Crippen molar-refractivity contribution in [3.05, 3.63) is 12.2 Å². The van der Waals surface area contributed by atoms with Gasteiger partial charge in [0.05, 0.1) is 12.2 Å². The number of nitrogens with one attached hydrogen (secondary N) is 9. The van der Waals surface area contributed by atoms with Gasteiger partial charge in [0.15, 0.2) is 0 Å². The topological polar surface area (TPSA) is 343 Å². The van der Waals surface area contributed by atoms with Crippen molar-refractivity contribution in [3.8, 4) is 0 Å². The molecular formula is C62H112ClN11O13. The second-order valence-electron chi connectivity index (χ2n) is 27.1. The molecule has 1 saturated heterocycles. The largest absolute Gasteiger partial charge is 0.393 e. The molecule has 11 atom stereocenters. The fraction of sp³-hybridized carbons (Fsp3) is 0.790. The molecule has 1 rings (SSSR count). The fourth-order valence-corrected chi connectivity index (χ4v) is 9.77. The first-order chi connectivity index (χ1) is 39.6. The average Bonchev–Trinajstić information content (AvgIpc) is 4.01. The maximum Gasteiger partial charge on any atom is 0.246 e. The molecule has 0 aromatic carbocycles. The second kappa shape index (κ2) is 37.3. The number of likely N-dealkylation sites (N-methyl/N-ethyl adjacent to an activating group) is 1. The Bertz CT molecular complexity index is 2350. The van der Waals surface area contributed by atoms with Crippen molar-refractivity contribution < 1.29 is 63.0 Å². The molecule has 0 aliphatic carbocycles. The maximum atomic E-state index is 14.6. The van der Waals surface area contributed by atoms with Gasteiger partial charge in [-0.3, -0.25) is 52.7 Å². The molecule has 87 heavy (non-hydrogen) atoms. The summed E-state index contributed by atoms with van der Waals surface area (Å²) in [7, 11) is 3.77. The van der Waals surface area contributed by atoms with E-state index in [1.54, 1.807) is 33.8 Å². The number of rotatable bonds is 37. The van der Waals surface area contributed by atoms with Crippen LogP contribution in [-0.2, 0) is 52.7 Å². The summed E-state index contributed by atoms with van der Waals surface area (Å²) in [4.78, 5) is 154. The number of hydrogen-bond acceptors (Lipinski definition) is 14. The summed E-state index contributed by atoms with van der Waals surface area (Å²) < 4.78 is 0. The highest BCUT2D eigenvalue weighted by atomic mass is 35.5. The van der Waals surface area contributed by atoms with Crippen LogP contribution in [0.4, 0.5) is 0 Å². The first-order valence-electron chi connectivity index (χ1n) is 30.8. The second-order valence-corrected chi connectivity index (χ2v) is 27.1. The van der Waals surface area contributed by atoms with E-state index in [-0.39, 0.29) is 111 Å². The van der Waals surface area contributed by atoms with Crippen LogP contribution in [0.25, 0.3) is 0 Å². The number of aliphatic hydroxyl groups excluding tert-OH is 2. The number of Topliss-reactive ketones (excluding diaryl/α,β-unsaturated/α-hetero) is 1. The van der Waals surface area contributed by atoms with Crippen LogP contribution in [0.1, 0.15) is 182 Å². The van der Waals surface area contributed by atoms with Crippen molar-refractivity contribution >= 4 is 77.3 Å². The molecule has 0 radical (unpaired) electrons. The number of halogens is 1. The third kappa shape index (κ3) is 29.0. The lowest BCUT2D eigenvalue weighted by Gasteiger charge is -2.34. The van der Waals surface area contributed by atoms with E-state index in [4.69, 9.17) is 0 Å². The van der Waals surface area contributed by atoms with Crippen molar-refractivity contribution in [2.45, 2.75) is 247 Å². The van der Waals surface area contributed by atoms with E-state index < -0.39 is 118 Å². The normalized spacial score (nSPS) is 17.8. The van der Waals surface area contributed by atoms with Gasteiger partial charge in [0.1, 0.15) is 52.6 Å². The maximum absolute atomic E-state index is 14.6. The summed E-state index contributed by atoms with van der Waals surface area (Å²) >= 11 is 0. The zero-order chi connectivity index (χ0) is 66.4. The summed E-state index contributed by atoms with van der Waals surface area (Å²) in [6.07, 6.45) is 2.07. The number of likely N-dealkylation sites (tertiary alicyclic amines) is 1. The molecule has 0 saturated carbocycles. The van der Waals surface area contributed by atoms with Crippen LogP contribution >= 0.6 is 12.4 Å². The van der Waals surface area contributed by atoms with Crippen molar-refractivity contribution in [3.63, 3.8) is 0 Å². The molecular weight excluding hydrogens is 1140 g/mol. The van der Waals surface area contributed by atoms with Gasteiger partial charge in [0, 0.05) is 44.9 Å². The lowest BCUT2D eigenvalue weighted by atomic mass is 9.92. The number of allylic oxidation sites excluding steroid dienone is 1. The van der Waals surface area contributed by atoms with Crippen molar-refractivity contribution in [2.75, 3.05) is 33.7 Å². The van der Waals surface area contributed by atoms with E-state index >= 15 is 0 Å². The predicted octanol–water partition coefficient (Wildman–Crippen LogP) is 2.70. The van der Waals surface area contributed by atoms with Crippen LogP contribution in [0.2, 0.25) is 0 Å². The smallest absolute Gasteiger partial charge is 0.246 e. The van der Waals surface area contributed by atoms with Crippen LogP contribution < -0.4 is 47.9 Å². The molecule has 500 valence electrons. The van der Waals surface area contributed by atoms with E-state index in [0.29, 0.717) is 19.5 Å². The van der Waals surface area contributed by atoms with Gasteiger partial charge >= 0.3 is 0 Å². The summed E-state index contributed by atoms with van der Waals surface area (Å²) in [6, 6.07) is -6.61. The molecule has 24 nitrogen and oxygen atoms in total. The van der Waals surface area contributed by atoms with Gasteiger partial charge in [0.25, 0.3) is 0 Å². The van der Waals surface area contributed by atoms with Crippen LogP contribution in [0.5, 0.6) is 0 Å². The van der Waals surface area contributed by atoms with Gasteiger partial charge < -0.3 is 67.9 Å². The minimum atomic E-state index is -1.82. The highest BCUT2D eigenvalue weighted by Crippen LogP contribution is 2.25. The Hall–Kier alpha value is -5.72. The molecule has 10 amide bonds. The van der Waals surface area contributed by atoms with Crippen molar-refractivity contribution in [1.82, 2.24) is 57.7 Å². The number of nitrogens with zero attached hydrogens (tertiary/aromatic N) is 2. The molecule has 1 aliphatic heterocycles. The van der Waals surface area contributed by atoms with Crippen LogP contribution in [0.3, 0.4) is 0 Å². The van der Waals surface area contributed by atoms with Gasteiger partial charge in [-0.25, -0.2) is 0 Å². The Balaban J connectivity index is 0.0000740. The molecule has 0 spiro atoms. The van der Waals surface area contributed by atoms with Gasteiger partial charge in [-0.05, 0) is 136 Å². The van der Waals surface area contributed by atoms with E-state index in [9.17, 15) is 63.0 Å². The molecule has 11 unspecified atom stereocenters. The highest BCUT2D eigenvalue weighted by Gasteiger charge is 2.43. The van der Waals surface area contributed by atoms with E-state index in [0.717, 1.165) is 6.42 Å². The first-order valence-corrected chi connectivity index (χ1v) is 30.8. The van der Waals surface area contributed by atoms with E-state index in [2.05, 4.69) is 47.9 Å². The number of ketones is 1. The van der Waals surface area contributed by atoms with Crippen molar-refractivity contribution in [2.24, 2.45) is 35.5 Å². The zero-order valence-electron chi connectivity index (χ0n) is 55.9. The lowest BCUT2D eigenvalue weighted by molar-refractivity contribution is -0.140. The number of carbonyl (C=O) groups is 11. The average molecular weight is 1260 g/mol. The van der Waals surface area contributed by atoms with Gasteiger partial charge in [-0.15, -0.1) is 12.4 Å².